The van der Waals surface area contributed by atoms with Crippen LogP contribution in [0.25, 0.3) is 10.8 Å². The van der Waals surface area contributed by atoms with Crippen LogP contribution in [0.3, 0.4) is 0 Å². The summed E-state index contributed by atoms with van der Waals surface area (Å²) in [5.41, 5.74) is 9.46. The summed E-state index contributed by atoms with van der Waals surface area (Å²) in [7, 11) is 0. The molecule has 0 fully saturated rings. The summed E-state index contributed by atoms with van der Waals surface area (Å²) in [6, 6.07) is 22.1. The van der Waals surface area contributed by atoms with Crippen LogP contribution in [0.15, 0.2) is 71.7 Å². The van der Waals surface area contributed by atoms with Gasteiger partial charge in [0.1, 0.15) is 0 Å². The van der Waals surface area contributed by atoms with E-state index in [-0.39, 0.29) is 18.0 Å². The number of guanidine groups is 1. The van der Waals surface area contributed by atoms with Gasteiger partial charge in [0.05, 0.1) is 12.6 Å². The van der Waals surface area contributed by atoms with E-state index in [0.29, 0.717) is 6.54 Å². The largest absolute Gasteiger partial charge is 0.370 e. The summed E-state index contributed by atoms with van der Waals surface area (Å²) < 4.78 is 0. The predicted molar refractivity (Wildman–Crippen MR) is 108 cm³/mol. The van der Waals surface area contributed by atoms with Gasteiger partial charge in [-0.3, -0.25) is 5.32 Å². The maximum absolute atomic E-state index is 12.3. The molecule has 0 aromatic heterocycles. The molecule has 3 aromatic carbocycles. The van der Waals surface area contributed by atoms with Gasteiger partial charge in [0.25, 0.3) is 0 Å². The Morgan fingerprint density at radius 2 is 1.81 bits per heavy atom. The van der Waals surface area contributed by atoms with Crippen molar-refractivity contribution in [2.45, 2.75) is 25.4 Å². The van der Waals surface area contributed by atoms with Crippen molar-refractivity contribution >= 4 is 22.8 Å². The van der Waals surface area contributed by atoms with Crippen LogP contribution in [0.2, 0.25) is 0 Å². The molecule has 0 saturated heterocycles. The summed E-state index contributed by atoms with van der Waals surface area (Å²) in [5, 5.41) is 7.92. The number of benzene rings is 3. The van der Waals surface area contributed by atoms with E-state index in [0.717, 1.165) is 29.2 Å². The van der Waals surface area contributed by atoms with Crippen LogP contribution < -0.4 is 16.4 Å². The van der Waals surface area contributed by atoms with Crippen molar-refractivity contribution in [2.75, 3.05) is 0 Å². The zero-order chi connectivity index (χ0) is 18.6. The molecule has 0 aliphatic heterocycles. The van der Waals surface area contributed by atoms with E-state index in [1.54, 1.807) is 0 Å². The quantitative estimate of drug-likeness (QED) is 0.494. The lowest BCUT2D eigenvalue weighted by molar-refractivity contribution is 0.241. The first kappa shape index (κ1) is 17.1. The summed E-state index contributed by atoms with van der Waals surface area (Å²) in [6.07, 6.45) is 1.88. The first-order chi connectivity index (χ1) is 13.2. The van der Waals surface area contributed by atoms with E-state index >= 15 is 0 Å². The number of amides is 2. The normalized spacial score (nSPS) is 16.1. The Bertz CT molecular complexity index is 1010. The Balaban J connectivity index is 1.39. The predicted octanol–water partition coefficient (Wildman–Crippen LogP) is 3.64. The Kier molecular flexibility index (Phi) is 4.75. The van der Waals surface area contributed by atoms with Crippen LogP contribution >= 0.6 is 0 Å². The Morgan fingerprint density at radius 3 is 2.74 bits per heavy atom. The number of fused-ring (bicyclic) bond motifs is 2. The number of hydrogen-bond acceptors (Lipinski definition) is 2. The van der Waals surface area contributed by atoms with E-state index in [1.165, 1.54) is 11.1 Å². The van der Waals surface area contributed by atoms with Gasteiger partial charge in [-0.2, -0.15) is 0 Å². The maximum Gasteiger partial charge on any atom is 0.322 e. The second-order valence-electron chi connectivity index (χ2n) is 6.73. The molecule has 4 rings (SSSR count). The fraction of sp³-hybridized carbons (Fsp3) is 0.182. The monoisotopic (exact) mass is 358 g/mol. The lowest BCUT2D eigenvalue weighted by Crippen LogP contribution is -2.44. The average Bonchev–Trinajstić information content (AvgIpc) is 3.09. The van der Waals surface area contributed by atoms with Gasteiger partial charge in [-0.1, -0.05) is 66.7 Å². The first-order valence-electron chi connectivity index (χ1n) is 9.12. The van der Waals surface area contributed by atoms with Crippen LogP contribution in [0.5, 0.6) is 0 Å². The van der Waals surface area contributed by atoms with Gasteiger partial charge < -0.3 is 11.1 Å². The number of carbonyl (C=O) groups excluding carboxylic acids is 1. The van der Waals surface area contributed by atoms with Gasteiger partial charge in [0, 0.05) is 0 Å². The van der Waals surface area contributed by atoms with Crippen LogP contribution in [0, 0.1) is 0 Å². The van der Waals surface area contributed by atoms with Gasteiger partial charge in [-0.25, -0.2) is 9.79 Å². The number of nitrogens with two attached hydrogens (primary N) is 1. The number of aryl methyl sites for hydroxylation is 1. The molecule has 5 heteroatoms. The van der Waals surface area contributed by atoms with Crippen molar-refractivity contribution in [1.29, 1.82) is 0 Å². The Morgan fingerprint density at radius 1 is 1.04 bits per heavy atom. The SMILES string of the molecule is NC(=NCc1cccc2ccccc12)NC(=O)NC1CCc2ccccc21. The minimum Gasteiger partial charge on any atom is -0.370 e. The molecule has 0 radical (unpaired) electrons. The van der Waals surface area contributed by atoms with Gasteiger partial charge in [-0.15, -0.1) is 0 Å². The first-order valence-corrected chi connectivity index (χ1v) is 9.12. The number of rotatable bonds is 3. The van der Waals surface area contributed by atoms with E-state index < -0.39 is 0 Å². The summed E-state index contributed by atoms with van der Waals surface area (Å²) in [6.45, 7) is 0.416. The molecule has 1 aliphatic rings. The zero-order valence-corrected chi connectivity index (χ0v) is 15.0. The second-order valence-corrected chi connectivity index (χ2v) is 6.73. The van der Waals surface area contributed by atoms with Crippen LogP contribution in [-0.4, -0.2) is 12.0 Å². The topological polar surface area (TPSA) is 79.5 Å². The Hall–Kier alpha value is -3.34. The van der Waals surface area contributed by atoms with Gasteiger partial charge in [-0.05, 0) is 40.3 Å². The van der Waals surface area contributed by atoms with Crippen molar-refractivity contribution in [1.82, 2.24) is 10.6 Å². The van der Waals surface area contributed by atoms with Gasteiger partial charge in [0.2, 0.25) is 0 Å². The van der Waals surface area contributed by atoms with Crippen LogP contribution in [0.1, 0.15) is 29.2 Å². The molecular weight excluding hydrogens is 336 g/mol. The fourth-order valence-corrected chi connectivity index (χ4v) is 3.66. The van der Waals surface area contributed by atoms with Crippen molar-refractivity contribution in [3.05, 3.63) is 83.4 Å². The molecule has 5 nitrogen and oxygen atoms in total. The zero-order valence-electron chi connectivity index (χ0n) is 15.0. The smallest absolute Gasteiger partial charge is 0.322 e. The van der Waals surface area contributed by atoms with Gasteiger partial charge >= 0.3 is 6.03 Å². The molecule has 3 aromatic rings. The summed E-state index contributed by atoms with van der Waals surface area (Å²) in [5.74, 6) is 0.117. The third-order valence-corrected chi connectivity index (χ3v) is 4.98. The molecule has 0 spiro atoms. The van der Waals surface area contributed by atoms with E-state index in [1.807, 2.05) is 36.4 Å². The number of nitrogens with one attached hydrogen (secondary N) is 2. The maximum atomic E-state index is 12.3. The van der Waals surface area contributed by atoms with Crippen molar-refractivity contribution in [3.63, 3.8) is 0 Å². The van der Waals surface area contributed by atoms with Crippen molar-refractivity contribution in [3.8, 4) is 0 Å². The minimum absolute atomic E-state index is 0.0204. The standard InChI is InChI=1S/C22H22N4O/c23-21(24-14-17-9-5-8-15-6-1-3-10-18(15)17)26-22(27)25-20-13-12-16-7-2-4-11-19(16)20/h1-11,20H,12-14H2,(H4,23,24,25,26,27). The number of aliphatic imine (C=N–C) groups is 1. The highest BCUT2D eigenvalue weighted by Gasteiger charge is 2.23. The Labute approximate surface area is 158 Å². The van der Waals surface area contributed by atoms with Crippen molar-refractivity contribution < 1.29 is 4.79 Å². The van der Waals surface area contributed by atoms with Crippen LogP contribution in [0.4, 0.5) is 4.79 Å². The molecule has 136 valence electrons. The number of hydrogen-bond donors (Lipinski definition) is 3. The van der Waals surface area contributed by atoms with Crippen molar-refractivity contribution in [2.24, 2.45) is 10.7 Å². The molecule has 1 aliphatic carbocycles. The molecule has 0 heterocycles. The van der Waals surface area contributed by atoms with E-state index in [4.69, 9.17) is 5.73 Å². The number of nitrogens with zero attached hydrogens (tertiary/aromatic N) is 1. The average molecular weight is 358 g/mol. The highest BCUT2D eigenvalue weighted by Crippen LogP contribution is 2.30. The van der Waals surface area contributed by atoms with E-state index in [9.17, 15) is 4.79 Å². The third kappa shape index (κ3) is 3.77. The molecule has 1 atom stereocenters. The number of carbonyl (C=O) groups is 1. The third-order valence-electron chi connectivity index (χ3n) is 4.98. The molecule has 4 N–H and O–H groups in total. The molecule has 27 heavy (non-hydrogen) atoms. The summed E-state index contributed by atoms with van der Waals surface area (Å²) >= 11 is 0. The number of urea groups is 1. The molecule has 0 bridgehead atoms. The molecule has 1 unspecified atom stereocenters. The lowest BCUT2D eigenvalue weighted by Gasteiger charge is -2.14. The molecule has 2 amide bonds. The lowest BCUT2D eigenvalue weighted by atomic mass is 10.1. The highest BCUT2D eigenvalue weighted by atomic mass is 16.2. The molecular formula is C22H22N4O. The minimum atomic E-state index is -0.323. The van der Waals surface area contributed by atoms with E-state index in [2.05, 4.69) is 46.0 Å². The summed E-state index contributed by atoms with van der Waals surface area (Å²) in [4.78, 5) is 16.6. The van der Waals surface area contributed by atoms with Gasteiger partial charge in [0.15, 0.2) is 5.96 Å². The fourth-order valence-electron chi connectivity index (χ4n) is 3.66. The second kappa shape index (κ2) is 7.50. The molecule has 0 saturated carbocycles. The highest BCUT2D eigenvalue weighted by molar-refractivity contribution is 5.95. The van der Waals surface area contributed by atoms with Crippen LogP contribution in [-0.2, 0) is 13.0 Å².